The van der Waals surface area contributed by atoms with E-state index in [9.17, 15) is 13.2 Å². The normalized spacial score (nSPS) is 22.5. The lowest BCUT2D eigenvalue weighted by Crippen LogP contribution is -2.45. The Bertz CT molecular complexity index is 431. The molecule has 1 aliphatic carbocycles. The molecule has 0 amide bonds. The van der Waals surface area contributed by atoms with Crippen LogP contribution in [0.5, 0.6) is 0 Å². The standard InChI is InChI=1S/C18H33F3N4O.HI/c1-2-22-17(23-10-6-12-26-16-7-4-3-5-8-16)24-15-9-11-25(13-15)14-18(19,20)21;/h15-16H,2-14H2,1H3,(H2,22,23,24);1H. The van der Waals surface area contributed by atoms with E-state index in [1.807, 2.05) is 6.92 Å². The van der Waals surface area contributed by atoms with E-state index in [1.54, 1.807) is 0 Å². The molecule has 1 aliphatic heterocycles. The van der Waals surface area contributed by atoms with Crippen molar-refractivity contribution in [1.82, 2.24) is 15.5 Å². The summed E-state index contributed by atoms with van der Waals surface area (Å²) in [6, 6.07) is 0.00800. The number of ether oxygens (including phenoxy) is 1. The molecule has 0 radical (unpaired) electrons. The van der Waals surface area contributed by atoms with Gasteiger partial charge in [0, 0.05) is 38.8 Å². The first-order valence-electron chi connectivity index (χ1n) is 9.92. The Morgan fingerprint density at radius 3 is 2.59 bits per heavy atom. The van der Waals surface area contributed by atoms with E-state index < -0.39 is 12.7 Å². The van der Waals surface area contributed by atoms with Gasteiger partial charge in [-0.2, -0.15) is 13.2 Å². The molecule has 0 aromatic rings. The van der Waals surface area contributed by atoms with E-state index in [-0.39, 0.29) is 30.0 Å². The molecule has 0 bridgehead atoms. The van der Waals surface area contributed by atoms with E-state index in [0.717, 1.165) is 19.6 Å². The van der Waals surface area contributed by atoms with Crippen molar-refractivity contribution in [2.24, 2.45) is 4.99 Å². The molecule has 2 N–H and O–H groups in total. The second-order valence-electron chi connectivity index (χ2n) is 7.23. The first-order chi connectivity index (χ1) is 12.5. The Morgan fingerprint density at radius 2 is 1.93 bits per heavy atom. The van der Waals surface area contributed by atoms with Crippen LogP contribution >= 0.6 is 24.0 Å². The van der Waals surface area contributed by atoms with E-state index in [2.05, 4.69) is 15.6 Å². The van der Waals surface area contributed by atoms with Crippen LogP contribution in [-0.2, 0) is 4.74 Å². The topological polar surface area (TPSA) is 48.9 Å². The van der Waals surface area contributed by atoms with Crippen molar-refractivity contribution >= 4 is 29.9 Å². The molecule has 5 nitrogen and oxygen atoms in total. The van der Waals surface area contributed by atoms with Crippen molar-refractivity contribution in [3.8, 4) is 0 Å². The maximum atomic E-state index is 12.5. The summed E-state index contributed by atoms with van der Waals surface area (Å²) < 4.78 is 43.3. The van der Waals surface area contributed by atoms with Crippen molar-refractivity contribution in [2.75, 3.05) is 39.3 Å². The van der Waals surface area contributed by atoms with Crippen LogP contribution in [0.1, 0.15) is 51.9 Å². The van der Waals surface area contributed by atoms with E-state index in [0.29, 0.717) is 38.1 Å². The molecule has 2 aliphatic rings. The number of aliphatic imine (C=N–C) groups is 1. The SMILES string of the molecule is CCNC(=NCCCOC1CCCCC1)NC1CCN(CC(F)(F)F)C1.I. The van der Waals surface area contributed by atoms with Gasteiger partial charge in [-0.05, 0) is 32.6 Å². The molecular formula is C18H34F3IN4O. The summed E-state index contributed by atoms with van der Waals surface area (Å²) in [5.41, 5.74) is 0. The van der Waals surface area contributed by atoms with Crippen LogP contribution in [0, 0.1) is 0 Å². The fraction of sp³-hybridized carbons (Fsp3) is 0.944. The van der Waals surface area contributed by atoms with E-state index in [4.69, 9.17) is 4.74 Å². The number of nitrogens with one attached hydrogen (secondary N) is 2. The van der Waals surface area contributed by atoms with Crippen molar-refractivity contribution in [3.63, 3.8) is 0 Å². The third-order valence-corrected chi connectivity index (χ3v) is 4.84. The molecular weight excluding hydrogens is 472 g/mol. The summed E-state index contributed by atoms with van der Waals surface area (Å²) in [7, 11) is 0. The van der Waals surface area contributed by atoms with Crippen molar-refractivity contribution in [2.45, 2.75) is 70.2 Å². The van der Waals surface area contributed by atoms with Crippen LogP contribution in [0.3, 0.4) is 0 Å². The molecule has 0 aromatic heterocycles. The largest absolute Gasteiger partial charge is 0.401 e. The summed E-state index contributed by atoms with van der Waals surface area (Å²) in [5.74, 6) is 0.684. The van der Waals surface area contributed by atoms with Gasteiger partial charge in [0.2, 0.25) is 0 Å². The average Bonchev–Trinajstić information content (AvgIpc) is 3.00. The van der Waals surface area contributed by atoms with E-state index >= 15 is 0 Å². The predicted molar refractivity (Wildman–Crippen MR) is 113 cm³/mol. The molecule has 1 saturated heterocycles. The molecule has 27 heavy (non-hydrogen) atoms. The van der Waals surface area contributed by atoms with Crippen LogP contribution in [0.25, 0.3) is 0 Å². The minimum absolute atomic E-state index is 0. The molecule has 0 spiro atoms. The van der Waals surface area contributed by atoms with Crippen molar-refractivity contribution < 1.29 is 17.9 Å². The second kappa shape index (κ2) is 13.0. The number of nitrogens with zero attached hydrogens (tertiary/aromatic N) is 2. The maximum Gasteiger partial charge on any atom is 0.401 e. The summed E-state index contributed by atoms with van der Waals surface area (Å²) in [6.07, 6.45) is 4.04. The Labute approximate surface area is 177 Å². The quantitative estimate of drug-likeness (QED) is 0.229. The highest BCUT2D eigenvalue weighted by Crippen LogP contribution is 2.21. The van der Waals surface area contributed by atoms with Crippen LogP contribution in [0.4, 0.5) is 13.2 Å². The van der Waals surface area contributed by atoms with E-state index in [1.165, 1.54) is 37.0 Å². The highest BCUT2D eigenvalue weighted by molar-refractivity contribution is 14.0. The third-order valence-electron chi connectivity index (χ3n) is 4.84. The Morgan fingerprint density at radius 1 is 1.19 bits per heavy atom. The molecule has 2 rings (SSSR count). The summed E-state index contributed by atoms with van der Waals surface area (Å²) >= 11 is 0. The molecule has 1 heterocycles. The highest BCUT2D eigenvalue weighted by Gasteiger charge is 2.34. The predicted octanol–water partition coefficient (Wildman–Crippen LogP) is 3.54. The van der Waals surface area contributed by atoms with Gasteiger partial charge < -0.3 is 15.4 Å². The fourth-order valence-corrected chi connectivity index (χ4v) is 3.60. The molecule has 0 aromatic carbocycles. The van der Waals surface area contributed by atoms with Gasteiger partial charge in [0.25, 0.3) is 0 Å². The van der Waals surface area contributed by atoms with Crippen molar-refractivity contribution in [3.05, 3.63) is 0 Å². The van der Waals surface area contributed by atoms with Crippen molar-refractivity contribution in [1.29, 1.82) is 0 Å². The Hall–Kier alpha value is -0.290. The number of guanidine groups is 1. The van der Waals surface area contributed by atoms with Gasteiger partial charge in [-0.1, -0.05) is 19.3 Å². The van der Waals surface area contributed by atoms with Gasteiger partial charge in [0.1, 0.15) is 0 Å². The summed E-state index contributed by atoms with van der Waals surface area (Å²) in [4.78, 5) is 5.98. The average molecular weight is 506 g/mol. The lowest BCUT2D eigenvalue weighted by Gasteiger charge is -2.22. The first kappa shape index (κ1) is 24.7. The molecule has 1 unspecified atom stereocenters. The first-order valence-corrected chi connectivity index (χ1v) is 9.92. The van der Waals surface area contributed by atoms with Gasteiger partial charge in [-0.15, -0.1) is 24.0 Å². The highest BCUT2D eigenvalue weighted by atomic mass is 127. The minimum Gasteiger partial charge on any atom is -0.378 e. The third kappa shape index (κ3) is 10.7. The number of hydrogen-bond donors (Lipinski definition) is 2. The Balaban J connectivity index is 0.00000364. The zero-order valence-electron chi connectivity index (χ0n) is 16.2. The fourth-order valence-electron chi connectivity index (χ4n) is 3.60. The number of halogens is 4. The lowest BCUT2D eigenvalue weighted by atomic mass is 9.98. The Kier molecular flexibility index (Phi) is 11.9. The van der Waals surface area contributed by atoms with Gasteiger partial charge >= 0.3 is 6.18 Å². The summed E-state index contributed by atoms with van der Waals surface area (Å²) in [6.45, 7) is 4.10. The van der Waals surface area contributed by atoms with Gasteiger partial charge in [-0.25, -0.2) is 0 Å². The lowest BCUT2D eigenvalue weighted by molar-refractivity contribution is -0.143. The summed E-state index contributed by atoms with van der Waals surface area (Å²) in [5, 5.41) is 6.43. The van der Waals surface area contributed by atoms with Crippen LogP contribution in [-0.4, -0.2) is 68.5 Å². The smallest absolute Gasteiger partial charge is 0.378 e. The monoisotopic (exact) mass is 506 g/mol. The molecule has 9 heteroatoms. The van der Waals surface area contributed by atoms with Crippen LogP contribution < -0.4 is 10.6 Å². The molecule has 1 saturated carbocycles. The number of hydrogen-bond acceptors (Lipinski definition) is 3. The van der Waals surface area contributed by atoms with Gasteiger partial charge in [0.15, 0.2) is 5.96 Å². The van der Waals surface area contributed by atoms with Gasteiger partial charge in [0.05, 0.1) is 12.6 Å². The van der Waals surface area contributed by atoms with Crippen LogP contribution in [0.2, 0.25) is 0 Å². The zero-order valence-corrected chi connectivity index (χ0v) is 18.5. The number of alkyl halides is 3. The number of rotatable bonds is 8. The number of likely N-dealkylation sites (tertiary alicyclic amines) is 1. The minimum atomic E-state index is -4.13. The van der Waals surface area contributed by atoms with Crippen LogP contribution in [0.15, 0.2) is 4.99 Å². The van der Waals surface area contributed by atoms with Gasteiger partial charge in [-0.3, -0.25) is 9.89 Å². The molecule has 1 atom stereocenters. The molecule has 2 fully saturated rings. The zero-order chi connectivity index (χ0) is 18.8. The second-order valence-corrected chi connectivity index (χ2v) is 7.23. The molecule has 160 valence electrons. The maximum absolute atomic E-state index is 12.5.